The second-order valence-electron chi connectivity index (χ2n) is 6.22. The Hall–Kier alpha value is -2.16. The largest absolute Gasteiger partial charge is 0.467 e. The van der Waals surface area contributed by atoms with Gasteiger partial charge in [0.25, 0.3) is 0 Å². The standard InChI is InChI=1S/C18H22N2O5S/c21-16(17-10-6-12-25-17)13-19-18(22)15-9-4-5-11-20(15)26(23,24)14-7-2-1-3-8-14/h1-3,6-8,10,12,15-16,21H,4-5,9,11,13H2,(H,19,22). The highest BCUT2D eigenvalue weighted by molar-refractivity contribution is 7.89. The Bertz CT molecular complexity index is 821. The number of amides is 1. The Morgan fingerprint density at radius 1 is 1.23 bits per heavy atom. The van der Waals surface area contributed by atoms with E-state index in [4.69, 9.17) is 4.42 Å². The van der Waals surface area contributed by atoms with Crippen LogP contribution in [-0.4, -0.2) is 42.9 Å². The number of rotatable bonds is 6. The average molecular weight is 378 g/mol. The molecule has 2 N–H and O–H groups in total. The number of carbonyl (C=O) groups excluding carboxylic acids is 1. The van der Waals surface area contributed by atoms with E-state index in [1.54, 1.807) is 30.3 Å². The highest BCUT2D eigenvalue weighted by Gasteiger charge is 2.37. The van der Waals surface area contributed by atoms with Gasteiger partial charge in [-0.25, -0.2) is 8.42 Å². The van der Waals surface area contributed by atoms with E-state index in [9.17, 15) is 18.3 Å². The van der Waals surface area contributed by atoms with Gasteiger partial charge in [0.05, 0.1) is 17.7 Å². The van der Waals surface area contributed by atoms with E-state index in [1.807, 2.05) is 0 Å². The van der Waals surface area contributed by atoms with Gasteiger partial charge in [-0.05, 0) is 37.1 Å². The molecule has 1 saturated heterocycles. The molecule has 2 heterocycles. The number of piperidine rings is 1. The van der Waals surface area contributed by atoms with Crippen LogP contribution in [0.2, 0.25) is 0 Å². The maximum absolute atomic E-state index is 12.9. The molecule has 1 aromatic carbocycles. The summed E-state index contributed by atoms with van der Waals surface area (Å²) >= 11 is 0. The summed E-state index contributed by atoms with van der Waals surface area (Å²) in [5, 5.41) is 12.7. The lowest BCUT2D eigenvalue weighted by Gasteiger charge is -2.33. The molecule has 0 aliphatic carbocycles. The summed E-state index contributed by atoms with van der Waals surface area (Å²) < 4.78 is 32.2. The fourth-order valence-electron chi connectivity index (χ4n) is 3.08. The molecule has 3 rings (SSSR count). The van der Waals surface area contributed by atoms with Crippen molar-refractivity contribution in [3.63, 3.8) is 0 Å². The Balaban J connectivity index is 1.71. The smallest absolute Gasteiger partial charge is 0.243 e. The highest BCUT2D eigenvalue weighted by Crippen LogP contribution is 2.25. The van der Waals surface area contributed by atoms with Gasteiger partial charge in [0, 0.05) is 6.54 Å². The number of benzene rings is 1. The fourth-order valence-corrected chi connectivity index (χ4v) is 4.76. The van der Waals surface area contributed by atoms with Crippen LogP contribution in [0.5, 0.6) is 0 Å². The van der Waals surface area contributed by atoms with Crippen molar-refractivity contribution in [1.29, 1.82) is 0 Å². The average Bonchev–Trinajstić information content (AvgIpc) is 3.21. The molecule has 0 spiro atoms. The van der Waals surface area contributed by atoms with Gasteiger partial charge < -0.3 is 14.8 Å². The first-order valence-corrected chi connectivity index (χ1v) is 10.0. The lowest BCUT2D eigenvalue weighted by Crippen LogP contribution is -2.52. The van der Waals surface area contributed by atoms with Gasteiger partial charge in [-0.2, -0.15) is 4.31 Å². The van der Waals surface area contributed by atoms with Crippen molar-refractivity contribution < 1.29 is 22.7 Å². The third-order valence-electron chi connectivity index (χ3n) is 4.45. The number of hydrogen-bond donors (Lipinski definition) is 2. The molecular formula is C18H22N2O5S. The minimum atomic E-state index is -3.75. The molecule has 2 unspecified atom stereocenters. The molecule has 0 saturated carbocycles. The Morgan fingerprint density at radius 2 is 2.00 bits per heavy atom. The number of hydrogen-bond acceptors (Lipinski definition) is 5. The summed E-state index contributed by atoms with van der Waals surface area (Å²) in [4.78, 5) is 12.8. The maximum atomic E-state index is 12.9. The van der Waals surface area contributed by atoms with Crippen molar-refractivity contribution in [3.05, 3.63) is 54.5 Å². The normalized spacial score (nSPS) is 19.8. The second kappa shape index (κ2) is 8.03. The van der Waals surface area contributed by atoms with Gasteiger partial charge in [-0.1, -0.05) is 24.6 Å². The topological polar surface area (TPSA) is 99.8 Å². The summed E-state index contributed by atoms with van der Waals surface area (Å²) in [5.74, 6) is -0.0579. The van der Waals surface area contributed by atoms with E-state index in [0.717, 1.165) is 6.42 Å². The molecule has 2 atom stereocenters. The Kier molecular flexibility index (Phi) is 5.75. The number of furan rings is 1. The van der Waals surface area contributed by atoms with Crippen molar-refractivity contribution in [2.45, 2.75) is 36.3 Å². The first-order valence-electron chi connectivity index (χ1n) is 8.56. The lowest BCUT2D eigenvalue weighted by atomic mass is 10.0. The molecule has 1 amide bonds. The highest BCUT2D eigenvalue weighted by atomic mass is 32.2. The molecular weight excluding hydrogens is 356 g/mol. The van der Waals surface area contributed by atoms with E-state index in [-0.39, 0.29) is 11.4 Å². The van der Waals surface area contributed by atoms with Crippen LogP contribution in [0.4, 0.5) is 0 Å². The van der Waals surface area contributed by atoms with Crippen LogP contribution in [0, 0.1) is 0 Å². The van der Waals surface area contributed by atoms with Gasteiger partial charge in [-0.3, -0.25) is 4.79 Å². The summed E-state index contributed by atoms with van der Waals surface area (Å²) in [6.45, 7) is 0.262. The molecule has 26 heavy (non-hydrogen) atoms. The van der Waals surface area contributed by atoms with Gasteiger partial charge in [-0.15, -0.1) is 0 Å². The molecule has 8 heteroatoms. The predicted octanol–water partition coefficient (Wildman–Crippen LogP) is 1.67. The molecule has 0 radical (unpaired) electrons. The van der Waals surface area contributed by atoms with Crippen LogP contribution >= 0.6 is 0 Å². The second-order valence-corrected chi connectivity index (χ2v) is 8.11. The number of carbonyl (C=O) groups is 1. The van der Waals surface area contributed by atoms with Crippen LogP contribution in [0.25, 0.3) is 0 Å². The van der Waals surface area contributed by atoms with E-state index in [0.29, 0.717) is 25.1 Å². The SMILES string of the molecule is O=C(NCC(O)c1ccco1)C1CCCCN1S(=O)(=O)c1ccccc1. The number of aliphatic hydroxyl groups is 1. The molecule has 1 aromatic heterocycles. The van der Waals surface area contributed by atoms with Crippen LogP contribution < -0.4 is 5.32 Å². The van der Waals surface area contributed by atoms with E-state index in [1.165, 1.54) is 22.7 Å². The van der Waals surface area contributed by atoms with E-state index < -0.39 is 28.1 Å². The third-order valence-corrected chi connectivity index (χ3v) is 6.37. The Morgan fingerprint density at radius 3 is 2.69 bits per heavy atom. The quantitative estimate of drug-likeness (QED) is 0.797. The summed E-state index contributed by atoms with van der Waals surface area (Å²) in [7, 11) is -3.75. The van der Waals surface area contributed by atoms with Crippen LogP contribution in [0.3, 0.4) is 0 Å². The maximum Gasteiger partial charge on any atom is 0.243 e. The number of sulfonamides is 1. The lowest BCUT2D eigenvalue weighted by molar-refractivity contribution is -0.126. The molecule has 0 bridgehead atoms. The van der Waals surface area contributed by atoms with Crippen LogP contribution in [-0.2, 0) is 14.8 Å². The minimum absolute atomic E-state index is 0.0396. The molecule has 1 aliphatic heterocycles. The van der Waals surface area contributed by atoms with E-state index >= 15 is 0 Å². The summed E-state index contributed by atoms with van der Waals surface area (Å²) in [5.41, 5.74) is 0. The van der Waals surface area contributed by atoms with Gasteiger partial charge >= 0.3 is 0 Å². The van der Waals surface area contributed by atoms with Crippen LogP contribution in [0.1, 0.15) is 31.1 Å². The molecule has 1 fully saturated rings. The number of nitrogens with one attached hydrogen (secondary N) is 1. The zero-order chi connectivity index (χ0) is 18.6. The first kappa shape index (κ1) is 18.6. The number of nitrogens with zero attached hydrogens (tertiary/aromatic N) is 1. The van der Waals surface area contributed by atoms with Gasteiger partial charge in [0.2, 0.25) is 15.9 Å². The summed E-state index contributed by atoms with van der Waals surface area (Å²) in [6.07, 6.45) is 2.41. The molecule has 1 aliphatic rings. The van der Waals surface area contributed by atoms with Crippen molar-refractivity contribution in [2.75, 3.05) is 13.1 Å². The van der Waals surface area contributed by atoms with E-state index in [2.05, 4.69) is 5.32 Å². The summed E-state index contributed by atoms with van der Waals surface area (Å²) in [6, 6.07) is 10.6. The van der Waals surface area contributed by atoms with Crippen LogP contribution in [0.15, 0.2) is 58.0 Å². The first-order chi connectivity index (χ1) is 12.5. The van der Waals surface area contributed by atoms with Gasteiger partial charge in [0.15, 0.2) is 0 Å². The number of aliphatic hydroxyl groups excluding tert-OH is 1. The van der Waals surface area contributed by atoms with Crippen molar-refractivity contribution in [1.82, 2.24) is 9.62 Å². The third kappa shape index (κ3) is 3.98. The minimum Gasteiger partial charge on any atom is -0.467 e. The van der Waals surface area contributed by atoms with Crippen molar-refractivity contribution in [2.24, 2.45) is 0 Å². The molecule has 2 aromatic rings. The monoisotopic (exact) mass is 378 g/mol. The predicted molar refractivity (Wildman–Crippen MR) is 94.7 cm³/mol. The Labute approximate surface area is 152 Å². The fraction of sp³-hybridized carbons (Fsp3) is 0.389. The zero-order valence-electron chi connectivity index (χ0n) is 14.2. The molecule has 7 nitrogen and oxygen atoms in total. The van der Waals surface area contributed by atoms with Crippen molar-refractivity contribution >= 4 is 15.9 Å². The van der Waals surface area contributed by atoms with Crippen molar-refractivity contribution in [3.8, 4) is 0 Å². The molecule has 140 valence electrons. The van der Waals surface area contributed by atoms with Gasteiger partial charge in [0.1, 0.15) is 17.9 Å². The zero-order valence-corrected chi connectivity index (χ0v) is 15.1.